The zero-order chi connectivity index (χ0) is 13.1. The average molecular weight is 309 g/mol. The van der Waals surface area contributed by atoms with E-state index in [1.165, 1.54) is 5.56 Å². The maximum Gasteiger partial charge on any atom is 0.211 e. The maximum atomic E-state index is 5.52. The lowest BCUT2D eigenvalue weighted by Crippen LogP contribution is -2.22. The predicted octanol–water partition coefficient (Wildman–Crippen LogP) is 4.16. The second kappa shape index (κ2) is 5.67. The first kappa shape index (κ1) is 13.3. The van der Waals surface area contributed by atoms with E-state index in [-0.39, 0.29) is 12.1 Å². The molecule has 1 aromatic carbocycles. The second-order valence-electron chi connectivity index (χ2n) is 4.47. The molecule has 2 atom stereocenters. The molecule has 0 aliphatic carbocycles. The van der Waals surface area contributed by atoms with E-state index in [2.05, 4.69) is 52.2 Å². The summed E-state index contributed by atoms with van der Waals surface area (Å²) < 4.78 is 6.61. The highest BCUT2D eigenvalue weighted by Crippen LogP contribution is 2.20. The topological polar surface area (TPSA) is 38.1 Å². The van der Waals surface area contributed by atoms with Gasteiger partial charge in [0.05, 0.1) is 12.2 Å². The summed E-state index contributed by atoms with van der Waals surface area (Å²) in [7, 11) is 0. The third-order valence-electron chi connectivity index (χ3n) is 2.88. The molecule has 0 amide bonds. The molecule has 0 saturated heterocycles. The van der Waals surface area contributed by atoms with Crippen LogP contribution < -0.4 is 5.32 Å². The van der Waals surface area contributed by atoms with Crippen molar-refractivity contribution in [3.63, 3.8) is 0 Å². The minimum atomic E-state index is 0.0948. The van der Waals surface area contributed by atoms with E-state index in [1.807, 2.05) is 19.1 Å². The van der Waals surface area contributed by atoms with Crippen molar-refractivity contribution >= 4 is 15.9 Å². The molecule has 2 rings (SSSR count). The van der Waals surface area contributed by atoms with E-state index in [0.29, 0.717) is 0 Å². The Labute approximate surface area is 116 Å². The highest BCUT2D eigenvalue weighted by atomic mass is 79.9. The molecule has 0 radical (unpaired) electrons. The molecule has 18 heavy (non-hydrogen) atoms. The molecule has 1 aromatic heterocycles. The van der Waals surface area contributed by atoms with Crippen molar-refractivity contribution in [1.29, 1.82) is 0 Å². The Balaban J connectivity index is 2.02. The molecule has 0 aliphatic rings. The van der Waals surface area contributed by atoms with Gasteiger partial charge in [-0.3, -0.25) is 5.32 Å². The molecule has 1 heterocycles. The molecule has 96 valence electrons. The highest BCUT2D eigenvalue weighted by molar-refractivity contribution is 9.10. The largest absolute Gasteiger partial charge is 0.444 e. The van der Waals surface area contributed by atoms with Gasteiger partial charge >= 0.3 is 0 Å². The molecule has 4 heteroatoms. The molecular weight excluding hydrogens is 292 g/mol. The van der Waals surface area contributed by atoms with Crippen LogP contribution in [0.5, 0.6) is 0 Å². The van der Waals surface area contributed by atoms with Gasteiger partial charge in [0, 0.05) is 10.5 Å². The van der Waals surface area contributed by atoms with E-state index >= 15 is 0 Å². The molecule has 0 spiro atoms. The van der Waals surface area contributed by atoms with Crippen molar-refractivity contribution in [3.05, 3.63) is 52.1 Å². The summed E-state index contributed by atoms with van der Waals surface area (Å²) in [5.74, 6) is 1.58. The Morgan fingerprint density at radius 2 is 1.83 bits per heavy atom. The minimum Gasteiger partial charge on any atom is -0.444 e. The first-order valence-corrected chi connectivity index (χ1v) is 6.79. The van der Waals surface area contributed by atoms with E-state index in [4.69, 9.17) is 4.42 Å². The molecule has 0 bridgehead atoms. The van der Waals surface area contributed by atoms with E-state index < -0.39 is 0 Å². The Bertz CT molecular complexity index is 507. The summed E-state index contributed by atoms with van der Waals surface area (Å²) in [6.45, 7) is 6.09. The number of aromatic nitrogens is 1. The number of aryl methyl sites for hydroxylation is 1. The Morgan fingerprint density at radius 1 is 1.17 bits per heavy atom. The molecule has 3 nitrogen and oxygen atoms in total. The summed E-state index contributed by atoms with van der Waals surface area (Å²) in [5, 5.41) is 3.47. The molecular formula is C14H17BrN2O. The first-order valence-electron chi connectivity index (χ1n) is 6.00. The Morgan fingerprint density at radius 3 is 2.39 bits per heavy atom. The van der Waals surface area contributed by atoms with Crippen molar-refractivity contribution in [3.8, 4) is 0 Å². The number of nitrogens with zero attached hydrogens (tertiary/aromatic N) is 1. The lowest BCUT2D eigenvalue weighted by atomic mass is 10.1. The van der Waals surface area contributed by atoms with Crippen LogP contribution in [0.15, 0.2) is 39.4 Å². The fourth-order valence-corrected chi connectivity index (χ4v) is 2.13. The molecule has 2 unspecified atom stereocenters. The average Bonchev–Trinajstić information content (AvgIpc) is 2.76. The minimum absolute atomic E-state index is 0.0948. The van der Waals surface area contributed by atoms with Crippen LogP contribution in [0, 0.1) is 6.92 Å². The first-order chi connectivity index (χ1) is 8.56. The molecule has 2 aromatic rings. The monoisotopic (exact) mass is 308 g/mol. The van der Waals surface area contributed by atoms with E-state index in [9.17, 15) is 0 Å². The second-order valence-corrected chi connectivity index (χ2v) is 5.39. The van der Waals surface area contributed by atoms with Crippen molar-refractivity contribution < 1.29 is 4.42 Å². The lowest BCUT2D eigenvalue weighted by Gasteiger charge is -2.18. The van der Waals surface area contributed by atoms with Crippen LogP contribution in [0.3, 0.4) is 0 Å². The van der Waals surface area contributed by atoms with Crippen molar-refractivity contribution in [2.24, 2.45) is 0 Å². The maximum absolute atomic E-state index is 5.52. The summed E-state index contributed by atoms with van der Waals surface area (Å²) in [6.07, 6.45) is 1.75. The third kappa shape index (κ3) is 3.21. The third-order valence-corrected chi connectivity index (χ3v) is 3.41. The zero-order valence-electron chi connectivity index (χ0n) is 10.8. The predicted molar refractivity (Wildman–Crippen MR) is 75.3 cm³/mol. The number of nitrogens with one attached hydrogen (secondary N) is 1. The smallest absolute Gasteiger partial charge is 0.211 e. The molecule has 0 fully saturated rings. The number of benzene rings is 1. The van der Waals surface area contributed by atoms with Gasteiger partial charge < -0.3 is 4.42 Å². The van der Waals surface area contributed by atoms with Gasteiger partial charge in [-0.2, -0.15) is 0 Å². The van der Waals surface area contributed by atoms with Crippen molar-refractivity contribution in [1.82, 2.24) is 10.3 Å². The highest BCUT2D eigenvalue weighted by Gasteiger charge is 2.14. The number of halogens is 1. The Hall–Kier alpha value is -1.13. The Kier molecular flexibility index (Phi) is 4.19. The van der Waals surface area contributed by atoms with Crippen LogP contribution in [0.25, 0.3) is 0 Å². The van der Waals surface area contributed by atoms with Crippen LogP contribution >= 0.6 is 15.9 Å². The van der Waals surface area contributed by atoms with Crippen molar-refractivity contribution in [2.45, 2.75) is 32.9 Å². The van der Waals surface area contributed by atoms with Crippen LogP contribution in [0.2, 0.25) is 0 Å². The number of rotatable bonds is 4. The number of hydrogen-bond donors (Lipinski definition) is 1. The van der Waals surface area contributed by atoms with Gasteiger partial charge in [-0.05, 0) is 38.5 Å². The summed E-state index contributed by atoms with van der Waals surface area (Å²) in [5.41, 5.74) is 1.24. The lowest BCUT2D eigenvalue weighted by molar-refractivity contribution is 0.380. The van der Waals surface area contributed by atoms with Gasteiger partial charge in [0.2, 0.25) is 5.89 Å². The zero-order valence-corrected chi connectivity index (χ0v) is 12.4. The van der Waals surface area contributed by atoms with Gasteiger partial charge in [0.25, 0.3) is 0 Å². The normalized spacial score (nSPS) is 14.4. The fourth-order valence-electron chi connectivity index (χ4n) is 1.87. The standard InChI is InChI=1S/C14H17BrN2O/c1-9-8-16-14(18-9)11(3)17-10(2)12-4-6-13(15)7-5-12/h4-8,10-11,17H,1-3H3. The van der Waals surface area contributed by atoms with Gasteiger partial charge in [-0.15, -0.1) is 0 Å². The van der Waals surface area contributed by atoms with Crippen LogP contribution in [-0.2, 0) is 0 Å². The fraction of sp³-hybridized carbons (Fsp3) is 0.357. The van der Waals surface area contributed by atoms with E-state index in [0.717, 1.165) is 16.1 Å². The van der Waals surface area contributed by atoms with Crippen LogP contribution in [-0.4, -0.2) is 4.98 Å². The molecule has 0 aliphatic heterocycles. The van der Waals surface area contributed by atoms with Gasteiger partial charge in [0.15, 0.2) is 0 Å². The van der Waals surface area contributed by atoms with Gasteiger partial charge in [-0.1, -0.05) is 28.1 Å². The van der Waals surface area contributed by atoms with Crippen LogP contribution in [0.4, 0.5) is 0 Å². The van der Waals surface area contributed by atoms with Crippen LogP contribution in [0.1, 0.15) is 43.1 Å². The quantitative estimate of drug-likeness (QED) is 0.921. The summed E-state index contributed by atoms with van der Waals surface area (Å²) in [6, 6.07) is 8.66. The van der Waals surface area contributed by atoms with Crippen molar-refractivity contribution in [2.75, 3.05) is 0 Å². The molecule has 0 saturated carbocycles. The molecule has 1 N–H and O–H groups in total. The summed E-state index contributed by atoms with van der Waals surface area (Å²) >= 11 is 3.44. The van der Waals surface area contributed by atoms with E-state index in [1.54, 1.807) is 6.20 Å². The summed E-state index contributed by atoms with van der Waals surface area (Å²) in [4.78, 5) is 4.24. The van der Waals surface area contributed by atoms with Gasteiger partial charge in [0.1, 0.15) is 5.76 Å². The van der Waals surface area contributed by atoms with Gasteiger partial charge in [-0.25, -0.2) is 4.98 Å². The number of hydrogen-bond acceptors (Lipinski definition) is 3. The number of oxazole rings is 1. The SMILES string of the molecule is Cc1cnc(C(C)NC(C)c2ccc(Br)cc2)o1.